The third-order valence-corrected chi connectivity index (χ3v) is 3.97. The van der Waals surface area contributed by atoms with E-state index in [0.717, 1.165) is 23.4 Å². The molecule has 1 aliphatic rings. The van der Waals surface area contributed by atoms with Gasteiger partial charge >= 0.3 is 0 Å². The lowest BCUT2D eigenvalue weighted by atomic mass is 9.93. The van der Waals surface area contributed by atoms with Crippen molar-refractivity contribution in [1.82, 2.24) is 4.90 Å². The van der Waals surface area contributed by atoms with Gasteiger partial charge in [0.1, 0.15) is 0 Å². The van der Waals surface area contributed by atoms with Gasteiger partial charge in [0.25, 0.3) is 5.91 Å². The number of aryl methyl sites for hydroxylation is 1. The van der Waals surface area contributed by atoms with Gasteiger partial charge in [0.05, 0.1) is 5.60 Å². The summed E-state index contributed by atoms with van der Waals surface area (Å²) in [6, 6.07) is 5.85. The minimum absolute atomic E-state index is 0.0704. The highest BCUT2D eigenvalue weighted by atomic mass is 16.3. The first kappa shape index (κ1) is 14.9. The number of hydrogen-bond donors (Lipinski definition) is 2. The van der Waals surface area contributed by atoms with E-state index in [1.54, 1.807) is 0 Å². The van der Waals surface area contributed by atoms with Crippen LogP contribution in [0.4, 0.5) is 5.69 Å². The number of anilines is 1. The summed E-state index contributed by atoms with van der Waals surface area (Å²) >= 11 is 0. The van der Waals surface area contributed by atoms with E-state index in [9.17, 15) is 9.90 Å². The molecule has 1 aromatic rings. The third-order valence-electron chi connectivity index (χ3n) is 3.97. The maximum Gasteiger partial charge on any atom is 0.254 e. The van der Waals surface area contributed by atoms with Crippen LogP contribution >= 0.6 is 0 Å². The van der Waals surface area contributed by atoms with Gasteiger partial charge in [-0.15, -0.1) is 0 Å². The molecule has 0 unspecified atom stereocenters. The number of carbonyl (C=O) groups is 1. The van der Waals surface area contributed by atoms with Crippen molar-refractivity contribution in [3.63, 3.8) is 0 Å². The molecule has 1 aromatic carbocycles. The normalized spacial score (nSPS) is 17.9. The fourth-order valence-electron chi connectivity index (χ4n) is 2.58. The second-order valence-electron chi connectivity index (χ2n) is 5.85. The molecule has 1 fully saturated rings. The lowest BCUT2D eigenvalue weighted by Crippen LogP contribution is -2.45. The van der Waals surface area contributed by atoms with Gasteiger partial charge in [0.2, 0.25) is 0 Å². The summed E-state index contributed by atoms with van der Waals surface area (Å²) in [7, 11) is 0. The van der Waals surface area contributed by atoms with Crippen LogP contribution < -0.4 is 5.32 Å². The molecule has 0 bridgehead atoms. The highest BCUT2D eigenvalue weighted by Gasteiger charge is 2.30. The van der Waals surface area contributed by atoms with Gasteiger partial charge < -0.3 is 15.3 Å². The van der Waals surface area contributed by atoms with Crippen LogP contribution in [0.15, 0.2) is 18.2 Å². The van der Waals surface area contributed by atoms with Crippen molar-refractivity contribution in [3.8, 4) is 0 Å². The molecule has 1 saturated heterocycles. The van der Waals surface area contributed by atoms with E-state index in [1.165, 1.54) is 0 Å². The fraction of sp³-hybridized carbons (Fsp3) is 0.562. The number of aliphatic hydroxyl groups is 1. The van der Waals surface area contributed by atoms with Gasteiger partial charge in [0, 0.05) is 30.9 Å². The molecule has 4 heteroatoms. The SMILES string of the molecule is CCNc1ccc(C(=O)N2CCC(C)(O)CC2)c(C)c1. The number of rotatable bonds is 3. The van der Waals surface area contributed by atoms with E-state index in [4.69, 9.17) is 0 Å². The topological polar surface area (TPSA) is 52.6 Å². The number of amides is 1. The van der Waals surface area contributed by atoms with Crippen LogP contribution in [0.1, 0.15) is 42.6 Å². The first-order valence-electron chi connectivity index (χ1n) is 7.29. The van der Waals surface area contributed by atoms with Crippen LogP contribution in [0, 0.1) is 6.92 Å². The summed E-state index contributed by atoms with van der Waals surface area (Å²) in [5, 5.41) is 13.2. The number of hydrogen-bond acceptors (Lipinski definition) is 3. The summed E-state index contributed by atoms with van der Waals surface area (Å²) in [6.45, 7) is 7.97. The van der Waals surface area contributed by atoms with Crippen molar-refractivity contribution in [3.05, 3.63) is 29.3 Å². The van der Waals surface area contributed by atoms with Gasteiger partial charge in [-0.1, -0.05) is 0 Å². The average Bonchev–Trinajstić information content (AvgIpc) is 2.38. The molecule has 0 aliphatic carbocycles. The lowest BCUT2D eigenvalue weighted by Gasteiger charge is -2.36. The van der Waals surface area contributed by atoms with Crippen molar-refractivity contribution in [2.45, 2.75) is 39.2 Å². The Hall–Kier alpha value is -1.55. The molecule has 4 nitrogen and oxygen atoms in total. The maximum atomic E-state index is 12.5. The Morgan fingerprint density at radius 3 is 2.60 bits per heavy atom. The Morgan fingerprint density at radius 2 is 2.05 bits per heavy atom. The predicted molar refractivity (Wildman–Crippen MR) is 81.1 cm³/mol. The molecule has 2 rings (SSSR count). The zero-order chi connectivity index (χ0) is 14.8. The Morgan fingerprint density at radius 1 is 1.40 bits per heavy atom. The average molecular weight is 276 g/mol. The molecular weight excluding hydrogens is 252 g/mol. The van der Waals surface area contributed by atoms with Crippen molar-refractivity contribution >= 4 is 11.6 Å². The summed E-state index contributed by atoms with van der Waals surface area (Å²) in [5.41, 5.74) is 2.17. The lowest BCUT2D eigenvalue weighted by molar-refractivity contribution is -0.00203. The van der Waals surface area contributed by atoms with Gasteiger partial charge in [-0.2, -0.15) is 0 Å². The Kier molecular flexibility index (Phi) is 4.33. The summed E-state index contributed by atoms with van der Waals surface area (Å²) in [6.07, 6.45) is 1.29. The first-order valence-corrected chi connectivity index (χ1v) is 7.29. The van der Waals surface area contributed by atoms with Gasteiger partial charge in [0.15, 0.2) is 0 Å². The number of carbonyl (C=O) groups excluding carboxylic acids is 1. The molecule has 20 heavy (non-hydrogen) atoms. The second kappa shape index (κ2) is 5.83. The van der Waals surface area contributed by atoms with Gasteiger partial charge in [-0.3, -0.25) is 4.79 Å². The van der Waals surface area contributed by atoms with Crippen LogP contribution in [-0.4, -0.2) is 41.1 Å². The molecule has 1 aliphatic heterocycles. The van der Waals surface area contributed by atoms with Crippen LogP contribution in [0.2, 0.25) is 0 Å². The molecule has 1 heterocycles. The standard InChI is InChI=1S/C16H24N2O2/c1-4-17-13-5-6-14(12(2)11-13)15(19)18-9-7-16(3,20)8-10-18/h5-6,11,17,20H,4,7-10H2,1-3H3. The van der Waals surface area contributed by atoms with Crippen molar-refractivity contribution in [2.75, 3.05) is 25.0 Å². The number of likely N-dealkylation sites (tertiary alicyclic amines) is 1. The molecule has 0 aromatic heterocycles. The van der Waals surface area contributed by atoms with Crippen molar-refractivity contribution in [1.29, 1.82) is 0 Å². The monoisotopic (exact) mass is 276 g/mol. The predicted octanol–water partition coefficient (Wildman–Crippen LogP) is 2.41. The molecular formula is C16H24N2O2. The summed E-state index contributed by atoms with van der Waals surface area (Å²) in [5.74, 6) is 0.0704. The second-order valence-corrected chi connectivity index (χ2v) is 5.85. The first-order chi connectivity index (χ1) is 9.43. The Bertz CT molecular complexity index is 487. The zero-order valence-corrected chi connectivity index (χ0v) is 12.6. The largest absolute Gasteiger partial charge is 0.390 e. The van der Waals surface area contributed by atoms with Crippen LogP contribution in [0.25, 0.3) is 0 Å². The summed E-state index contributed by atoms with van der Waals surface area (Å²) in [4.78, 5) is 14.4. The third kappa shape index (κ3) is 3.31. The van der Waals surface area contributed by atoms with E-state index in [-0.39, 0.29) is 5.91 Å². The summed E-state index contributed by atoms with van der Waals surface area (Å²) < 4.78 is 0. The number of nitrogens with one attached hydrogen (secondary N) is 1. The van der Waals surface area contributed by atoms with Crippen molar-refractivity contribution in [2.24, 2.45) is 0 Å². The van der Waals surface area contributed by atoms with Crippen molar-refractivity contribution < 1.29 is 9.90 Å². The number of piperidine rings is 1. The minimum Gasteiger partial charge on any atom is -0.390 e. The quantitative estimate of drug-likeness (QED) is 0.891. The molecule has 0 atom stereocenters. The molecule has 2 N–H and O–H groups in total. The van der Waals surface area contributed by atoms with Gasteiger partial charge in [-0.25, -0.2) is 0 Å². The zero-order valence-electron chi connectivity index (χ0n) is 12.6. The minimum atomic E-state index is -0.624. The van der Waals surface area contributed by atoms with E-state index < -0.39 is 5.60 Å². The highest BCUT2D eigenvalue weighted by Crippen LogP contribution is 2.24. The molecule has 0 radical (unpaired) electrons. The highest BCUT2D eigenvalue weighted by molar-refractivity contribution is 5.96. The van der Waals surface area contributed by atoms with Gasteiger partial charge in [-0.05, 0) is 57.4 Å². The van der Waals surface area contributed by atoms with Crippen LogP contribution in [-0.2, 0) is 0 Å². The molecule has 0 saturated carbocycles. The van der Waals surface area contributed by atoms with E-state index >= 15 is 0 Å². The fourth-order valence-corrected chi connectivity index (χ4v) is 2.58. The number of benzene rings is 1. The smallest absolute Gasteiger partial charge is 0.254 e. The van der Waals surface area contributed by atoms with Crippen LogP contribution in [0.5, 0.6) is 0 Å². The Labute approximate surface area is 120 Å². The van der Waals surface area contributed by atoms with E-state index in [0.29, 0.717) is 25.9 Å². The Balaban J connectivity index is 2.10. The molecule has 0 spiro atoms. The van der Waals surface area contributed by atoms with Crippen LogP contribution in [0.3, 0.4) is 0 Å². The molecule has 1 amide bonds. The van der Waals surface area contributed by atoms with E-state index in [2.05, 4.69) is 5.32 Å². The molecule has 110 valence electrons. The van der Waals surface area contributed by atoms with E-state index in [1.807, 2.05) is 43.9 Å². The number of nitrogens with zero attached hydrogens (tertiary/aromatic N) is 1. The maximum absolute atomic E-state index is 12.5.